The van der Waals surface area contributed by atoms with Crippen LogP contribution in [0, 0.1) is 5.41 Å². The number of hydrogen-bond donors (Lipinski definition) is 3. The maximum Gasteiger partial charge on any atom is 0.237 e. The smallest absolute Gasteiger partial charge is 0.237 e. The summed E-state index contributed by atoms with van der Waals surface area (Å²) in [5, 5.41) is 10.2. The summed E-state index contributed by atoms with van der Waals surface area (Å²) in [6.45, 7) is 10.4. The van der Waals surface area contributed by atoms with Crippen LogP contribution >= 0.6 is 0 Å². The van der Waals surface area contributed by atoms with Crippen molar-refractivity contribution in [2.45, 2.75) is 57.7 Å². The van der Waals surface area contributed by atoms with Crippen LogP contribution in [0.2, 0.25) is 0 Å². The van der Waals surface area contributed by atoms with Crippen LogP contribution in [0.25, 0.3) is 0 Å². The number of nitrogens with zero attached hydrogens (tertiary/aromatic N) is 1. The Morgan fingerprint density at radius 1 is 1.26 bits per heavy atom. The monoisotopic (exact) mass is 370 g/mol. The molecule has 1 atom stereocenters. The van der Waals surface area contributed by atoms with Gasteiger partial charge in [0, 0.05) is 31.7 Å². The van der Waals surface area contributed by atoms with Gasteiger partial charge in [0.1, 0.15) is 0 Å². The van der Waals surface area contributed by atoms with E-state index < -0.39 is 0 Å². The van der Waals surface area contributed by atoms with Gasteiger partial charge < -0.3 is 16.0 Å². The summed E-state index contributed by atoms with van der Waals surface area (Å²) in [6.07, 6.45) is 4.44. The fourth-order valence-corrected chi connectivity index (χ4v) is 4.99. The molecule has 3 aliphatic rings. The third kappa shape index (κ3) is 4.05. The van der Waals surface area contributed by atoms with E-state index in [1.54, 1.807) is 0 Å². The molecule has 27 heavy (non-hydrogen) atoms. The average molecular weight is 371 g/mol. The zero-order valence-electron chi connectivity index (χ0n) is 16.8. The molecule has 1 spiro atoms. The van der Waals surface area contributed by atoms with E-state index in [1.165, 1.54) is 24.0 Å². The summed E-state index contributed by atoms with van der Waals surface area (Å²) >= 11 is 0. The Kier molecular flexibility index (Phi) is 5.28. The van der Waals surface area contributed by atoms with E-state index in [-0.39, 0.29) is 17.5 Å². The Morgan fingerprint density at radius 2 is 2.00 bits per heavy atom. The van der Waals surface area contributed by atoms with Crippen LogP contribution in [0.1, 0.15) is 44.2 Å². The molecular formula is C22H34N4O. The minimum Gasteiger partial charge on any atom is -0.353 e. The number of carbonyl (C=O) groups is 1. The minimum atomic E-state index is -0.0474. The molecule has 2 fully saturated rings. The molecule has 0 bridgehead atoms. The Bertz CT molecular complexity index is 681. The normalized spacial score (nSPS) is 25.3. The molecule has 1 unspecified atom stereocenters. The summed E-state index contributed by atoms with van der Waals surface area (Å²) in [5.41, 5.74) is 3.18. The number of amides is 1. The first-order chi connectivity index (χ1) is 13.0. The number of fused-ring (bicyclic) bond motifs is 1. The molecule has 3 heterocycles. The second-order valence-corrected chi connectivity index (χ2v) is 9.36. The molecule has 0 radical (unpaired) electrons. The highest BCUT2D eigenvalue weighted by atomic mass is 16.2. The van der Waals surface area contributed by atoms with Gasteiger partial charge in [0.05, 0.1) is 6.04 Å². The zero-order valence-corrected chi connectivity index (χ0v) is 16.8. The maximum absolute atomic E-state index is 12.8. The molecule has 0 aliphatic carbocycles. The molecule has 148 valence electrons. The Labute approximate surface area is 163 Å². The van der Waals surface area contributed by atoms with Crippen LogP contribution in [0.5, 0.6) is 0 Å². The molecule has 5 heteroatoms. The van der Waals surface area contributed by atoms with Crippen molar-refractivity contribution in [1.82, 2.24) is 20.9 Å². The van der Waals surface area contributed by atoms with Crippen molar-refractivity contribution in [3.05, 3.63) is 35.4 Å². The summed E-state index contributed by atoms with van der Waals surface area (Å²) in [6, 6.07) is 8.70. The van der Waals surface area contributed by atoms with Gasteiger partial charge in [-0.15, -0.1) is 0 Å². The van der Waals surface area contributed by atoms with Crippen molar-refractivity contribution in [3.8, 4) is 0 Å². The van der Waals surface area contributed by atoms with Gasteiger partial charge in [0.15, 0.2) is 0 Å². The molecule has 4 rings (SSSR count). The predicted molar refractivity (Wildman–Crippen MR) is 109 cm³/mol. The third-order valence-corrected chi connectivity index (χ3v) is 7.02. The predicted octanol–water partition coefficient (Wildman–Crippen LogP) is 1.67. The summed E-state index contributed by atoms with van der Waals surface area (Å²) in [7, 11) is 0. The fraction of sp³-hybridized carbons (Fsp3) is 0.682. The summed E-state index contributed by atoms with van der Waals surface area (Å²) in [5.74, 6) is 0.177. The molecule has 2 saturated heterocycles. The zero-order chi connectivity index (χ0) is 18.9. The van der Waals surface area contributed by atoms with E-state index in [1.807, 2.05) is 0 Å². The molecule has 1 amide bonds. The lowest BCUT2D eigenvalue weighted by Gasteiger charge is -2.41. The standard InChI is InChI=1S/C22H34N4O/c1-21(2,26-12-7-17-5-3-4-6-18(17)14-26)15-25-20(27)19-13-22(16-24-19)8-10-23-11-9-22/h3-6,19,23-24H,7-16H2,1-2H3,(H,25,27). The van der Waals surface area contributed by atoms with Gasteiger partial charge in [0.25, 0.3) is 0 Å². The number of piperidine rings is 1. The highest BCUT2D eigenvalue weighted by Crippen LogP contribution is 2.37. The van der Waals surface area contributed by atoms with Crippen LogP contribution in [-0.2, 0) is 17.8 Å². The Morgan fingerprint density at radius 3 is 2.78 bits per heavy atom. The molecule has 3 N–H and O–H groups in total. The topological polar surface area (TPSA) is 56.4 Å². The summed E-state index contributed by atoms with van der Waals surface area (Å²) in [4.78, 5) is 15.3. The molecule has 5 nitrogen and oxygen atoms in total. The lowest BCUT2D eigenvalue weighted by atomic mass is 9.77. The van der Waals surface area contributed by atoms with Gasteiger partial charge in [-0.1, -0.05) is 24.3 Å². The van der Waals surface area contributed by atoms with Gasteiger partial charge in [-0.2, -0.15) is 0 Å². The molecule has 1 aromatic carbocycles. The third-order valence-electron chi connectivity index (χ3n) is 7.02. The van der Waals surface area contributed by atoms with E-state index in [0.29, 0.717) is 12.0 Å². The van der Waals surface area contributed by atoms with Crippen molar-refractivity contribution in [2.75, 3.05) is 32.7 Å². The average Bonchev–Trinajstić information content (AvgIpc) is 3.09. The number of hydrogen-bond acceptors (Lipinski definition) is 4. The number of carbonyl (C=O) groups excluding carboxylic acids is 1. The Balaban J connectivity index is 1.31. The molecule has 0 saturated carbocycles. The summed E-state index contributed by atoms with van der Waals surface area (Å²) < 4.78 is 0. The number of nitrogens with one attached hydrogen (secondary N) is 3. The highest BCUT2D eigenvalue weighted by molar-refractivity contribution is 5.82. The first-order valence-electron chi connectivity index (χ1n) is 10.5. The van der Waals surface area contributed by atoms with E-state index in [4.69, 9.17) is 0 Å². The quantitative estimate of drug-likeness (QED) is 0.755. The number of benzene rings is 1. The van der Waals surface area contributed by atoms with Gasteiger partial charge in [-0.25, -0.2) is 0 Å². The second kappa shape index (κ2) is 7.53. The van der Waals surface area contributed by atoms with Crippen molar-refractivity contribution in [3.63, 3.8) is 0 Å². The van der Waals surface area contributed by atoms with Crippen molar-refractivity contribution < 1.29 is 4.79 Å². The molecule has 0 aromatic heterocycles. The van der Waals surface area contributed by atoms with Crippen LogP contribution < -0.4 is 16.0 Å². The maximum atomic E-state index is 12.8. The first kappa shape index (κ1) is 18.9. The van der Waals surface area contributed by atoms with Crippen LogP contribution in [0.4, 0.5) is 0 Å². The van der Waals surface area contributed by atoms with Crippen LogP contribution in [-0.4, -0.2) is 55.1 Å². The van der Waals surface area contributed by atoms with Gasteiger partial charge in [-0.3, -0.25) is 9.69 Å². The van der Waals surface area contributed by atoms with Gasteiger partial charge in [0.2, 0.25) is 5.91 Å². The minimum absolute atomic E-state index is 0.0269. The van der Waals surface area contributed by atoms with Crippen molar-refractivity contribution >= 4 is 5.91 Å². The Hall–Kier alpha value is -1.43. The van der Waals surface area contributed by atoms with Crippen LogP contribution in [0.15, 0.2) is 24.3 Å². The van der Waals surface area contributed by atoms with Crippen molar-refractivity contribution in [1.29, 1.82) is 0 Å². The van der Waals surface area contributed by atoms with Gasteiger partial charge >= 0.3 is 0 Å². The highest BCUT2D eigenvalue weighted by Gasteiger charge is 2.42. The number of rotatable bonds is 4. The van der Waals surface area contributed by atoms with E-state index in [2.05, 4.69) is 59.0 Å². The lowest BCUT2D eigenvalue weighted by Crippen LogP contribution is -2.54. The molecule has 3 aliphatic heterocycles. The van der Waals surface area contributed by atoms with E-state index in [9.17, 15) is 4.79 Å². The van der Waals surface area contributed by atoms with Crippen molar-refractivity contribution in [2.24, 2.45) is 5.41 Å². The SMILES string of the molecule is CC(C)(CNC(=O)C1CC2(CCNCC2)CN1)N1CCc2ccccc2C1. The second-order valence-electron chi connectivity index (χ2n) is 9.36. The molecular weight excluding hydrogens is 336 g/mol. The fourth-order valence-electron chi connectivity index (χ4n) is 4.99. The van der Waals surface area contributed by atoms with E-state index >= 15 is 0 Å². The lowest BCUT2D eigenvalue weighted by molar-refractivity contribution is -0.123. The molecule has 1 aromatic rings. The first-order valence-corrected chi connectivity index (χ1v) is 10.5. The van der Waals surface area contributed by atoms with Crippen LogP contribution in [0.3, 0.4) is 0 Å². The largest absolute Gasteiger partial charge is 0.353 e. The van der Waals surface area contributed by atoms with Gasteiger partial charge in [-0.05, 0) is 69.2 Å². The van der Waals surface area contributed by atoms with E-state index in [0.717, 1.165) is 45.6 Å².